The number of ketones is 1. The van der Waals surface area contributed by atoms with Gasteiger partial charge in [0.15, 0.2) is 17.3 Å². The number of hydrogen-bond acceptors (Lipinski definition) is 3. The van der Waals surface area contributed by atoms with Gasteiger partial charge in [-0.3, -0.25) is 4.79 Å². The average Bonchev–Trinajstić information content (AvgIpc) is 2.41. The van der Waals surface area contributed by atoms with Gasteiger partial charge in [-0.25, -0.2) is 0 Å². The van der Waals surface area contributed by atoms with Gasteiger partial charge in [0, 0.05) is 5.56 Å². The lowest BCUT2D eigenvalue weighted by Crippen LogP contribution is -2.03. The maximum absolute atomic E-state index is 12.2. The van der Waals surface area contributed by atoms with Gasteiger partial charge in [-0.05, 0) is 31.0 Å². The van der Waals surface area contributed by atoms with Crippen molar-refractivity contribution in [2.24, 2.45) is 0 Å². The van der Waals surface area contributed by atoms with Gasteiger partial charge in [0.2, 0.25) is 0 Å². The van der Waals surface area contributed by atoms with Crippen molar-refractivity contribution in [3.63, 3.8) is 0 Å². The Morgan fingerprint density at radius 3 is 2.22 bits per heavy atom. The Balaban J connectivity index is 2.56. The zero-order valence-electron chi connectivity index (χ0n) is 10.3. The monoisotopic (exact) mass is 242 g/mol. The fourth-order valence-electron chi connectivity index (χ4n) is 1.80. The number of carbonyl (C=O) groups is 1. The highest BCUT2D eigenvalue weighted by molar-refractivity contribution is 6.11. The third-order valence-electron chi connectivity index (χ3n) is 3.07. The number of aryl methyl sites for hydroxylation is 1. The largest absolute Gasteiger partial charge is 0.504 e. The van der Waals surface area contributed by atoms with E-state index in [4.69, 9.17) is 0 Å². The van der Waals surface area contributed by atoms with Gasteiger partial charge in [-0.15, -0.1) is 0 Å². The number of hydrogen-bond donors (Lipinski definition) is 2. The zero-order valence-corrected chi connectivity index (χ0v) is 10.3. The van der Waals surface area contributed by atoms with E-state index < -0.39 is 0 Å². The maximum Gasteiger partial charge on any atom is 0.196 e. The molecule has 0 aliphatic carbocycles. The molecule has 2 aromatic carbocycles. The second kappa shape index (κ2) is 4.53. The predicted molar refractivity (Wildman–Crippen MR) is 69.1 cm³/mol. The van der Waals surface area contributed by atoms with Gasteiger partial charge in [-0.2, -0.15) is 0 Å². The quantitative estimate of drug-likeness (QED) is 0.628. The molecule has 0 fully saturated rings. The van der Waals surface area contributed by atoms with Gasteiger partial charge in [-0.1, -0.05) is 30.3 Å². The van der Waals surface area contributed by atoms with Crippen LogP contribution in [0.1, 0.15) is 27.0 Å². The topological polar surface area (TPSA) is 57.5 Å². The minimum absolute atomic E-state index is 0.127. The van der Waals surface area contributed by atoms with Crippen molar-refractivity contribution < 1.29 is 15.0 Å². The molecule has 3 heteroatoms. The lowest BCUT2D eigenvalue weighted by molar-refractivity contribution is 0.103. The second-order valence-corrected chi connectivity index (χ2v) is 4.26. The van der Waals surface area contributed by atoms with Crippen molar-refractivity contribution in [2.45, 2.75) is 13.8 Å². The van der Waals surface area contributed by atoms with Crippen molar-refractivity contribution in [1.82, 2.24) is 0 Å². The molecule has 0 aromatic heterocycles. The second-order valence-electron chi connectivity index (χ2n) is 4.26. The summed E-state index contributed by atoms with van der Waals surface area (Å²) < 4.78 is 0. The molecule has 0 spiro atoms. The van der Waals surface area contributed by atoms with Gasteiger partial charge >= 0.3 is 0 Å². The molecule has 2 N–H and O–H groups in total. The molecule has 0 atom stereocenters. The molecule has 2 aromatic rings. The van der Waals surface area contributed by atoms with E-state index in [2.05, 4.69) is 0 Å². The lowest BCUT2D eigenvalue weighted by atomic mass is 9.97. The average molecular weight is 242 g/mol. The summed E-state index contributed by atoms with van der Waals surface area (Å²) in [5.74, 6) is -0.882. The van der Waals surface area contributed by atoms with Gasteiger partial charge in [0.1, 0.15) is 0 Å². The molecule has 0 amide bonds. The first-order valence-corrected chi connectivity index (χ1v) is 5.64. The summed E-state index contributed by atoms with van der Waals surface area (Å²) in [5.41, 5.74) is 1.96. The highest BCUT2D eigenvalue weighted by Gasteiger charge is 2.18. The van der Waals surface area contributed by atoms with Gasteiger partial charge in [0.05, 0.1) is 5.56 Å². The van der Waals surface area contributed by atoms with Crippen molar-refractivity contribution in [3.8, 4) is 11.5 Å². The predicted octanol–water partition coefficient (Wildman–Crippen LogP) is 2.95. The zero-order chi connectivity index (χ0) is 13.3. The molecule has 0 saturated carbocycles. The highest BCUT2D eigenvalue weighted by Crippen LogP contribution is 2.35. The van der Waals surface area contributed by atoms with E-state index in [1.165, 1.54) is 0 Å². The van der Waals surface area contributed by atoms with Crippen LogP contribution in [0.3, 0.4) is 0 Å². The molecule has 92 valence electrons. The molecule has 18 heavy (non-hydrogen) atoms. The van der Waals surface area contributed by atoms with Crippen LogP contribution in [0.25, 0.3) is 0 Å². The SMILES string of the molecule is Cc1cc(C(=O)c2ccccc2)c(O)c(O)c1C. The summed E-state index contributed by atoms with van der Waals surface area (Å²) in [6, 6.07) is 10.3. The lowest BCUT2D eigenvalue weighted by Gasteiger charge is -2.10. The van der Waals surface area contributed by atoms with Crippen LogP contribution in [0.2, 0.25) is 0 Å². The normalized spacial score (nSPS) is 10.3. The van der Waals surface area contributed by atoms with Crippen molar-refractivity contribution in [3.05, 3.63) is 58.7 Å². The van der Waals surface area contributed by atoms with Crippen LogP contribution in [-0.4, -0.2) is 16.0 Å². The first-order valence-electron chi connectivity index (χ1n) is 5.64. The van der Waals surface area contributed by atoms with Crippen molar-refractivity contribution >= 4 is 5.78 Å². The van der Waals surface area contributed by atoms with E-state index in [-0.39, 0.29) is 22.8 Å². The fraction of sp³-hybridized carbons (Fsp3) is 0.133. The van der Waals surface area contributed by atoms with E-state index in [1.54, 1.807) is 44.2 Å². The summed E-state index contributed by atoms with van der Waals surface area (Å²) in [5, 5.41) is 19.6. The molecule has 0 aliphatic rings. The third kappa shape index (κ3) is 1.95. The molecular weight excluding hydrogens is 228 g/mol. The number of rotatable bonds is 2. The Labute approximate surface area is 105 Å². The molecule has 0 unspecified atom stereocenters. The first kappa shape index (κ1) is 12.2. The Bertz CT molecular complexity index is 601. The van der Waals surface area contributed by atoms with Gasteiger partial charge < -0.3 is 10.2 Å². The van der Waals surface area contributed by atoms with Crippen LogP contribution in [0, 0.1) is 13.8 Å². The highest BCUT2D eigenvalue weighted by atomic mass is 16.3. The Hall–Kier alpha value is -2.29. The van der Waals surface area contributed by atoms with Crippen LogP contribution < -0.4 is 0 Å². The third-order valence-corrected chi connectivity index (χ3v) is 3.07. The van der Waals surface area contributed by atoms with E-state index >= 15 is 0 Å². The van der Waals surface area contributed by atoms with E-state index in [0.29, 0.717) is 11.1 Å². The van der Waals surface area contributed by atoms with Crippen LogP contribution in [0.5, 0.6) is 11.5 Å². The van der Waals surface area contributed by atoms with Crippen molar-refractivity contribution in [2.75, 3.05) is 0 Å². The number of phenols is 2. The standard InChI is InChI=1S/C15H14O3/c1-9-8-12(15(18)13(16)10(9)2)14(17)11-6-4-3-5-7-11/h3-8,16,18H,1-2H3. The van der Waals surface area contributed by atoms with Crippen LogP contribution in [0.15, 0.2) is 36.4 Å². The number of aromatic hydroxyl groups is 2. The molecular formula is C15H14O3. The van der Waals surface area contributed by atoms with Crippen LogP contribution >= 0.6 is 0 Å². The smallest absolute Gasteiger partial charge is 0.196 e. The van der Waals surface area contributed by atoms with Crippen LogP contribution in [0.4, 0.5) is 0 Å². The van der Waals surface area contributed by atoms with Crippen LogP contribution in [-0.2, 0) is 0 Å². The molecule has 0 saturated heterocycles. The first-order chi connectivity index (χ1) is 8.52. The van der Waals surface area contributed by atoms with Crippen molar-refractivity contribution in [1.29, 1.82) is 0 Å². The molecule has 2 rings (SSSR count). The summed E-state index contributed by atoms with van der Waals surface area (Å²) in [7, 11) is 0. The number of carbonyl (C=O) groups excluding carboxylic acids is 1. The molecule has 0 aliphatic heterocycles. The summed E-state index contributed by atoms with van der Waals surface area (Å²) in [6.07, 6.45) is 0. The minimum atomic E-state index is -0.355. The Kier molecular flexibility index (Phi) is 3.06. The summed E-state index contributed by atoms with van der Waals surface area (Å²) in [4.78, 5) is 12.2. The molecule has 0 heterocycles. The van der Waals surface area contributed by atoms with E-state index in [1.807, 2.05) is 6.07 Å². The molecule has 0 radical (unpaired) electrons. The van der Waals surface area contributed by atoms with E-state index in [0.717, 1.165) is 5.56 Å². The summed E-state index contributed by atoms with van der Waals surface area (Å²) in [6.45, 7) is 3.48. The maximum atomic E-state index is 12.2. The minimum Gasteiger partial charge on any atom is -0.504 e. The molecule has 3 nitrogen and oxygen atoms in total. The molecule has 0 bridgehead atoms. The number of benzene rings is 2. The van der Waals surface area contributed by atoms with E-state index in [9.17, 15) is 15.0 Å². The fourth-order valence-corrected chi connectivity index (χ4v) is 1.80. The number of phenolic OH excluding ortho intramolecular Hbond substituents is 2. The summed E-state index contributed by atoms with van der Waals surface area (Å²) >= 11 is 0. The Morgan fingerprint density at radius 1 is 1.00 bits per heavy atom. The Morgan fingerprint density at radius 2 is 1.61 bits per heavy atom. The van der Waals surface area contributed by atoms with Gasteiger partial charge in [0.25, 0.3) is 0 Å².